The minimum absolute atomic E-state index is 0.0920. The number of carboxylic acids is 1. The van der Waals surface area contributed by atoms with E-state index in [4.69, 9.17) is 9.47 Å². The predicted molar refractivity (Wildman–Crippen MR) is 114 cm³/mol. The van der Waals surface area contributed by atoms with E-state index in [1.165, 1.54) is 24.1 Å². The van der Waals surface area contributed by atoms with Crippen molar-refractivity contribution in [1.29, 1.82) is 0 Å². The number of likely N-dealkylation sites (N-methyl/N-ethyl adjacent to an activating group) is 1. The molecule has 0 aliphatic carbocycles. The number of rotatable bonds is 7. The fourth-order valence-corrected chi connectivity index (χ4v) is 4.26. The quantitative estimate of drug-likeness (QED) is 0.548. The third-order valence-electron chi connectivity index (χ3n) is 4.31. The molecular weight excluding hydrogens is 474 g/mol. The smallest absolute Gasteiger partial charge is 0.293 e. The van der Waals surface area contributed by atoms with E-state index in [1.807, 2.05) is 0 Å². The Labute approximate surface area is 185 Å². The van der Waals surface area contributed by atoms with Crippen molar-refractivity contribution in [2.45, 2.75) is 13.5 Å². The summed E-state index contributed by atoms with van der Waals surface area (Å²) in [6.45, 7) is 2.26. The van der Waals surface area contributed by atoms with Crippen molar-refractivity contribution in [3.63, 3.8) is 0 Å². The van der Waals surface area contributed by atoms with Crippen LogP contribution in [0, 0.1) is 0 Å². The summed E-state index contributed by atoms with van der Waals surface area (Å²) in [4.78, 5) is 36.5. The van der Waals surface area contributed by atoms with Gasteiger partial charge in [0.2, 0.25) is 0 Å². The Balaban J connectivity index is 1.81. The zero-order valence-corrected chi connectivity index (χ0v) is 18.5. The van der Waals surface area contributed by atoms with E-state index in [9.17, 15) is 19.5 Å². The van der Waals surface area contributed by atoms with Gasteiger partial charge in [-0.05, 0) is 69.5 Å². The van der Waals surface area contributed by atoms with Crippen LogP contribution in [0.1, 0.15) is 28.4 Å². The average molecular weight is 491 g/mol. The SMILES string of the molecule is CCN1C(=O)S/C(=C\c2cc(Br)c(OCc3ccc(C(=O)[O-])cc3)c(OC)c2)C1=O. The second-order valence-corrected chi connectivity index (χ2v) is 8.08. The van der Waals surface area contributed by atoms with Crippen LogP contribution in [0.25, 0.3) is 6.08 Å². The Morgan fingerprint density at radius 1 is 1.23 bits per heavy atom. The summed E-state index contributed by atoms with van der Waals surface area (Å²) < 4.78 is 11.9. The number of amides is 2. The van der Waals surface area contributed by atoms with Crippen LogP contribution in [0.5, 0.6) is 11.5 Å². The van der Waals surface area contributed by atoms with Crippen LogP contribution < -0.4 is 14.6 Å². The second-order valence-electron chi connectivity index (χ2n) is 6.23. The van der Waals surface area contributed by atoms with E-state index in [0.29, 0.717) is 33.0 Å². The molecule has 0 aromatic heterocycles. The molecule has 7 nitrogen and oxygen atoms in total. The number of halogens is 1. The van der Waals surface area contributed by atoms with E-state index >= 15 is 0 Å². The first-order valence-corrected chi connectivity index (χ1v) is 10.5. The van der Waals surface area contributed by atoms with Gasteiger partial charge in [0.1, 0.15) is 6.61 Å². The van der Waals surface area contributed by atoms with Crippen molar-refractivity contribution in [2.24, 2.45) is 0 Å². The van der Waals surface area contributed by atoms with Gasteiger partial charge in [0.05, 0.1) is 22.5 Å². The second kappa shape index (κ2) is 9.36. The van der Waals surface area contributed by atoms with Crippen LogP contribution in [-0.2, 0) is 11.4 Å². The normalized spacial score (nSPS) is 15.0. The van der Waals surface area contributed by atoms with Gasteiger partial charge in [-0.25, -0.2) is 0 Å². The van der Waals surface area contributed by atoms with Gasteiger partial charge in [-0.15, -0.1) is 0 Å². The van der Waals surface area contributed by atoms with Crippen molar-refractivity contribution in [3.05, 3.63) is 62.5 Å². The molecule has 2 amide bonds. The summed E-state index contributed by atoms with van der Waals surface area (Å²) in [7, 11) is 1.50. The van der Waals surface area contributed by atoms with Gasteiger partial charge in [0.25, 0.3) is 11.1 Å². The molecule has 2 aromatic carbocycles. The van der Waals surface area contributed by atoms with E-state index < -0.39 is 5.97 Å². The monoisotopic (exact) mass is 490 g/mol. The van der Waals surface area contributed by atoms with Crippen molar-refractivity contribution >= 4 is 50.9 Å². The van der Waals surface area contributed by atoms with Gasteiger partial charge in [0.15, 0.2) is 11.5 Å². The Hall–Kier alpha value is -2.78. The van der Waals surface area contributed by atoms with E-state index in [-0.39, 0.29) is 23.3 Å². The van der Waals surface area contributed by atoms with Gasteiger partial charge in [-0.3, -0.25) is 14.5 Å². The van der Waals surface area contributed by atoms with Gasteiger partial charge >= 0.3 is 0 Å². The third kappa shape index (κ3) is 4.68. The summed E-state index contributed by atoms with van der Waals surface area (Å²) in [6.07, 6.45) is 1.64. The molecule has 156 valence electrons. The molecule has 1 aliphatic heterocycles. The number of hydrogen-bond donors (Lipinski definition) is 0. The summed E-state index contributed by atoms with van der Waals surface area (Å²) >= 11 is 4.36. The molecule has 0 unspecified atom stereocenters. The number of hydrogen-bond acceptors (Lipinski definition) is 7. The third-order valence-corrected chi connectivity index (χ3v) is 5.81. The zero-order valence-electron chi connectivity index (χ0n) is 16.1. The Kier molecular flexibility index (Phi) is 6.84. The molecule has 1 fully saturated rings. The number of aromatic carboxylic acids is 1. The summed E-state index contributed by atoms with van der Waals surface area (Å²) in [5.41, 5.74) is 1.53. The molecule has 30 heavy (non-hydrogen) atoms. The molecule has 1 heterocycles. The van der Waals surface area contributed by atoms with Crippen LogP contribution >= 0.6 is 27.7 Å². The lowest BCUT2D eigenvalue weighted by atomic mass is 10.1. The van der Waals surface area contributed by atoms with Crippen LogP contribution in [0.4, 0.5) is 4.79 Å². The number of carboxylic acid groups (broad SMARTS) is 1. The van der Waals surface area contributed by atoms with Gasteiger partial charge in [0, 0.05) is 6.54 Å². The fraction of sp³-hybridized carbons (Fsp3) is 0.190. The summed E-state index contributed by atoms with van der Waals surface area (Å²) in [5, 5.41) is 10.5. The Morgan fingerprint density at radius 3 is 2.50 bits per heavy atom. The molecular formula is C21H17BrNO6S-. The largest absolute Gasteiger partial charge is 0.545 e. The molecule has 0 spiro atoms. The first-order chi connectivity index (χ1) is 14.3. The summed E-state index contributed by atoms with van der Waals surface area (Å²) in [6, 6.07) is 9.66. The maximum Gasteiger partial charge on any atom is 0.293 e. The first-order valence-electron chi connectivity index (χ1n) is 8.90. The van der Waals surface area contributed by atoms with Crippen LogP contribution in [0.3, 0.4) is 0 Å². The molecule has 0 atom stereocenters. The van der Waals surface area contributed by atoms with Crippen molar-refractivity contribution in [2.75, 3.05) is 13.7 Å². The van der Waals surface area contributed by atoms with Gasteiger partial charge in [-0.2, -0.15) is 0 Å². The van der Waals surface area contributed by atoms with E-state index in [0.717, 1.165) is 17.3 Å². The predicted octanol–water partition coefficient (Wildman–Crippen LogP) is 3.46. The van der Waals surface area contributed by atoms with Gasteiger partial charge in [-0.1, -0.05) is 24.3 Å². The lowest BCUT2D eigenvalue weighted by Gasteiger charge is -2.14. The Morgan fingerprint density at radius 2 is 1.93 bits per heavy atom. The molecule has 1 aliphatic rings. The van der Waals surface area contributed by atoms with Crippen molar-refractivity contribution in [3.8, 4) is 11.5 Å². The lowest BCUT2D eigenvalue weighted by molar-refractivity contribution is -0.255. The molecule has 0 saturated carbocycles. The maximum atomic E-state index is 12.3. The first kappa shape index (κ1) is 21.9. The number of imide groups is 1. The molecule has 0 bridgehead atoms. The molecule has 9 heteroatoms. The minimum Gasteiger partial charge on any atom is -0.545 e. The van der Waals surface area contributed by atoms with Crippen LogP contribution in [0.2, 0.25) is 0 Å². The highest BCUT2D eigenvalue weighted by atomic mass is 79.9. The van der Waals surface area contributed by atoms with Crippen molar-refractivity contribution < 1.29 is 29.0 Å². The van der Waals surface area contributed by atoms with E-state index in [1.54, 1.807) is 37.3 Å². The fourth-order valence-electron chi connectivity index (χ4n) is 2.78. The number of methoxy groups -OCH3 is 1. The molecule has 3 rings (SSSR count). The zero-order chi connectivity index (χ0) is 21.8. The molecule has 0 radical (unpaired) electrons. The minimum atomic E-state index is -1.24. The number of ether oxygens (including phenoxy) is 2. The van der Waals surface area contributed by atoms with Crippen LogP contribution in [-0.4, -0.2) is 35.7 Å². The van der Waals surface area contributed by atoms with Gasteiger partial charge < -0.3 is 19.4 Å². The number of carbonyl (C=O) groups excluding carboxylic acids is 3. The Bertz CT molecular complexity index is 1030. The van der Waals surface area contributed by atoms with Crippen molar-refractivity contribution in [1.82, 2.24) is 4.90 Å². The number of thioether (sulfide) groups is 1. The maximum absolute atomic E-state index is 12.3. The average Bonchev–Trinajstić information content (AvgIpc) is 2.99. The molecule has 1 saturated heterocycles. The lowest BCUT2D eigenvalue weighted by Crippen LogP contribution is -2.27. The van der Waals surface area contributed by atoms with Crippen LogP contribution in [0.15, 0.2) is 45.8 Å². The number of carbonyl (C=O) groups is 3. The highest BCUT2D eigenvalue weighted by Crippen LogP contribution is 2.39. The number of nitrogens with zero attached hydrogens (tertiary/aromatic N) is 1. The highest BCUT2D eigenvalue weighted by molar-refractivity contribution is 9.10. The number of benzene rings is 2. The topological polar surface area (TPSA) is 96.0 Å². The molecule has 0 N–H and O–H groups in total. The molecule has 2 aromatic rings. The standard InChI is InChI=1S/C21H18BrNO6S/c1-3-23-19(24)17(30-21(23)27)10-13-8-15(22)18(16(9-13)28-2)29-11-12-4-6-14(7-5-12)20(25)26/h4-10H,3,11H2,1-2H3,(H,25,26)/p-1/b17-10-. The van der Waals surface area contributed by atoms with E-state index in [2.05, 4.69) is 15.9 Å². The highest BCUT2D eigenvalue weighted by Gasteiger charge is 2.33. The summed E-state index contributed by atoms with van der Waals surface area (Å²) in [5.74, 6) is -0.654.